The summed E-state index contributed by atoms with van der Waals surface area (Å²) in [5.41, 5.74) is 3.47. The van der Waals surface area contributed by atoms with Crippen LogP contribution in [0, 0.1) is 5.82 Å². The first-order valence-electron chi connectivity index (χ1n) is 9.73. The normalized spacial score (nSPS) is 19.4. The first-order valence-corrected chi connectivity index (χ1v) is 9.73. The minimum Gasteiger partial charge on any atom is -0.391 e. The van der Waals surface area contributed by atoms with Crippen molar-refractivity contribution in [1.29, 1.82) is 0 Å². The van der Waals surface area contributed by atoms with E-state index in [0.29, 0.717) is 31.7 Å². The van der Waals surface area contributed by atoms with Gasteiger partial charge in [-0.25, -0.2) is 9.37 Å². The van der Waals surface area contributed by atoms with Crippen molar-refractivity contribution in [3.63, 3.8) is 0 Å². The van der Waals surface area contributed by atoms with E-state index in [9.17, 15) is 14.3 Å². The van der Waals surface area contributed by atoms with Crippen LogP contribution in [0.5, 0.6) is 0 Å². The summed E-state index contributed by atoms with van der Waals surface area (Å²) in [6.07, 6.45) is 2.59. The number of rotatable bonds is 5. The van der Waals surface area contributed by atoms with Crippen LogP contribution < -0.4 is 5.32 Å². The molecule has 1 aliphatic rings. The lowest BCUT2D eigenvalue weighted by molar-refractivity contribution is -0.124. The Morgan fingerprint density at radius 2 is 2.14 bits per heavy atom. The molecule has 29 heavy (non-hydrogen) atoms. The summed E-state index contributed by atoms with van der Waals surface area (Å²) >= 11 is 0. The molecule has 0 radical (unpaired) electrons. The molecule has 4 rings (SSSR count). The van der Waals surface area contributed by atoms with E-state index in [-0.39, 0.29) is 18.1 Å². The second-order valence-electron chi connectivity index (χ2n) is 7.52. The van der Waals surface area contributed by atoms with Crippen molar-refractivity contribution in [2.75, 3.05) is 13.2 Å². The first-order chi connectivity index (χ1) is 14.0. The van der Waals surface area contributed by atoms with Gasteiger partial charge in [0.2, 0.25) is 5.91 Å². The van der Waals surface area contributed by atoms with E-state index in [2.05, 4.69) is 10.3 Å². The fourth-order valence-corrected chi connectivity index (χ4v) is 3.70. The lowest BCUT2D eigenvalue weighted by atomic mass is 10.0. The van der Waals surface area contributed by atoms with Crippen LogP contribution in [-0.4, -0.2) is 45.9 Å². The van der Waals surface area contributed by atoms with Crippen molar-refractivity contribution in [2.24, 2.45) is 7.05 Å². The third-order valence-electron chi connectivity index (χ3n) is 5.29. The summed E-state index contributed by atoms with van der Waals surface area (Å²) in [5, 5.41) is 13.9. The molecule has 3 heterocycles. The highest BCUT2D eigenvalue weighted by Gasteiger charge is 2.25. The Kier molecular flexibility index (Phi) is 5.60. The Labute approximate surface area is 168 Å². The van der Waals surface area contributed by atoms with Crippen LogP contribution in [0.15, 0.2) is 42.6 Å². The molecule has 2 atom stereocenters. The number of hydrogen-bond donors (Lipinski definition) is 2. The summed E-state index contributed by atoms with van der Waals surface area (Å²) in [6.45, 7) is 0.818. The zero-order valence-electron chi connectivity index (χ0n) is 16.3. The quantitative estimate of drug-likeness (QED) is 0.692. The Morgan fingerprint density at radius 3 is 2.90 bits per heavy atom. The first kappa shape index (κ1) is 19.5. The molecule has 3 aromatic rings. The molecule has 152 valence electrons. The maximum absolute atomic E-state index is 13.2. The van der Waals surface area contributed by atoms with E-state index in [1.165, 1.54) is 12.1 Å². The van der Waals surface area contributed by atoms with Gasteiger partial charge >= 0.3 is 0 Å². The van der Waals surface area contributed by atoms with Crippen LogP contribution in [0.25, 0.3) is 11.0 Å². The topological polar surface area (TPSA) is 76.4 Å². The fourth-order valence-electron chi connectivity index (χ4n) is 3.70. The average Bonchev–Trinajstić information content (AvgIpc) is 3.07. The van der Waals surface area contributed by atoms with E-state index >= 15 is 0 Å². The number of aryl methyl sites for hydroxylation is 1. The minimum absolute atomic E-state index is 0.112. The highest BCUT2D eigenvalue weighted by molar-refractivity contribution is 5.83. The standard InChI is InChI=1S/C22H24FN3O3/c1-26-8-6-18-15(10-14-2-4-16(23)5-3-14)11-17(24-22(18)26)12-21(28)25-19-13-29-9-7-20(19)27/h2-6,8,11,19-20,27H,7,9-10,12-13H2,1H3,(H,25,28)/t19-,20+/m1/s1. The molecule has 6 nitrogen and oxygen atoms in total. The molecule has 0 unspecified atom stereocenters. The number of aromatic nitrogens is 2. The SMILES string of the molecule is Cn1ccc2c(Cc3ccc(F)cc3)cc(CC(=O)N[C@@H]3COCC[C@@H]3O)nc21. The number of benzene rings is 1. The van der Waals surface area contributed by atoms with E-state index in [4.69, 9.17) is 4.74 Å². The van der Waals surface area contributed by atoms with Crippen LogP contribution >= 0.6 is 0 Å². The van der Waals surface area contributed by atoms with Gasteiger partial charge in [-0.15, -0.1) is 0 Å². The number of ether oxygens (including phenoxy) is 1. The summed E-state index contributed by atoms with van der Waals surface area (Å²) in [4.78, 5) is 17.2. The largest absolute Gasteiger partial charge is 0.391 e. The number of hydrogen-bond acceptors (Lipinski definition) is 4. The van der Waals surface area contributed by atoms with Crippen molar-refractivity contribution < 1.29 is 19.0 Å². The van der Waals surface area contributed by atoms with Crippen LogP contribution in [-0.2, 0) is 29.4 Å². The number of fused-ring (bicyclic) bond motifs is 1. The summed E-state index contributed by atoms with van der Waals surface area (Å²) in [7, 11) is 1.91. The van der Waals surface area contributed by atoms with E-state index in [0.717, 1.165) is 22.2 Å². The van der Waals surface area contributed by atoms with Crippen molar-refractivity contribution >= 4 is 16.9 Å². The van der Waals surface area contributed by atoms with Gasteiger partial charge in [-0.1, -0.05) is 12.1 Å². The number of carbonyl (C=O) groups excluding carboxylic acids is 1. The molecule has 1 amide bonds. The van der Waals surface area contributed by atoms with Gasteiger partial charge in [-0.3, -0.25) is 4.79 Å². The molecular weight excluding hydrogens is 373 g/mol. The Balaban J connectivity index is 1.56. The predicted molar refractivity (Wildman–Crippen MR) is 107 cm³/mol. The monoisotopic (exact) mass is 397 g/mol. The zero-order valence-corrected chi connectivity index (χ0v) is 16.3. The number of aliphatic hydroxyl groups is 1. The van der Waals surface area contributed by atoms with Crippen molar-refractivity contribution in [1.82, 2.24) is 14.9 Å². The second kappa shape index (κ2) is 8.31. The van der Waals surface area contributed by atoms with Crippen molar-refractivity contribution in [3.8, 4) is 0 Å². The smallest absolute Gasteiger partial charge is 0.226 e. The molecular formula is C22H24FN3O3. The predicted octanol–water partition coefficient (Wildman–Crippen LogP) is 2.11. The molecule has 0 spiro atoms. The number of nitrogens with zero attached hydrogens (tertiary/aromatic N) is 2. The minimum atomic E-state index is -0.593. The maximum atomic E-state index is 13.2. The molecule has 7 heteroatoms. The summed E-state index contributed by atoms with van der Waals surface area (Å²) in [6, 6.07) is 9.96. The molecule has 0 bridgehead atoms. The van der Waals surface area contributed by atoms with E-state index < -0.39 is 12.1 Å². The highest BCUT2D eigenvalue weighted by atomic mass is 19.1. The van der Waals surface area contributed by atoms with Crippen LogP contribution in [0.4, 0.5) is 4.39 Å². The number of nitrogens with one attached hydrogen (secondary N) is 1. The molecule has 0 saturated carbocycles. The van der Waals surface area contributed by atoms with Gasteiger partial charge in [0.15, 0.2) is 0 Å². The molecule has 1 aliphatic heterocycles. The third-order valence-corrected chi connectivity index (χ3v) is 5.29. The van der Waals surface area contributed by atoms with Crippen LogP contribution in [0.1, 0.15) is 23.2 Å². The fraction of sp³-hybridized carbons (Fsp3) is 0.364. The van der Waals surface area contributed by atoms with Crippen molar-refractivity contribution in [2.45, 2.75) is 31.4 Å². The van der Waals surface area contributed by atoms with E-state index in [1.54, 1.807) is 12.1 Å². The van der Waals surface area contributed by atoms with Gasteiger partial charge in [-0.05, 0) is 48.2 Å². The number of aliphatic hydroxyl groups excluding tert-OH is 1. The molecule has 1 aromatic carbocycles. The highest BCUT2D eigenvalue weighted by Crippen LogP contribution is 2.23. The lowest BCUT2D eigenvalue weighted by Crippen LogP contribution is -2.49. The summed E-state index contributed by atoms with van der Waals surface area (Å²) < 4.78 is 20.5. The van der Waals surface area contributed by atoms with Gasteiger partial charge in [0.05, 0.1) is 30.9 Å². The molecule has 2 N–H and O–H groups in total. The van der Waals surface area contributed by atoms with E-state index in [1.807, 2.05) is 29.9 Å². The van der Waals surface area contributed by atoms with Crippen LogP contribution in [0.3, 0.4) is 0 Å². The number of amides is 1. The third kappa shape index (κ3) is 4.46. The zero-order chi connectivity index (χ0) is 20.4. The maximum Gasteiger partial charge on any atom is 0.226 e. The van der Waals surface area contributed by atoms with Gasteiger partial charge in [0, 0.05) is 25.2 Å². The van der Waals surface area contributed by atoms with Gasteiger partial charge in [-0.2, -0.15) is 0 Å². The lowest BCUT2D eigenvalue weighted by Gasteiger charge is -2.28. The van der Waals surface area contributed by atoms with Crippen molar-refractivity contribution in [3.05, 3.63) is 65.2 Å². The molecule has 0 aliphatic carbocycles. The number of halogens is 1. The Morgan fingerprint density at radius 1 is 1.34 bits per heavy atom. The summed E-state index contributed by atoms with van der Waals surface area (Å²) in [5.74, 6) is -0.465. The Hall–Kier alpha value is -2.77. The van der Waals surface area contributed by atoms with Gasteiger partial charge in [0.1, 0.15) is 11.5 Å². The second-order valence-corrected chi connectivity index (χ2v) is 7.52. The number of carbonyl (C=O) groups is 1. The molecule has 2 aromatic heterocycles. The Bertz CT molecular complexity index is 1020. The average molecular weight is 397 g/mol. The number of pyridine rings is 1. The van der Waals surface area contributed by atoms with Gasteiger partial charge in [0.25, 0.3) is 0 Å². The van der Waals surface area contributed by atoms with Crippen LogP contribution in [0.2, 0.25) is 0 Å². The molecule has 1 fully saturated rings. The molecule has 1 saturated heterocycles. The van der Waals surface area contributed by atoms with Gasteiger partial charge < -0.3 is 19.7 Å².